The second-order valence-corrected chi connectivity index (χ2v) is 5.20. The molecule has 4 heteroatoms. The number of hydrogen-bond donors (Lipinski definition) is 1. The minimum Gasteiger partial charge on any atom is -0.309 e. The van der Waals surface area contributed by atoms with E-state index in [4.69, 9.17) is 0 Å². The Bertz CT molecular complexity index is 500. The first-order chi connectivity index (χ1) is 7.83. The minimum atomic E-state index is 0.437. The van der Waals surface area contributed by atoms with Crippen molar-refractivity contribution >= 4 is 21.6 Å². The maximum Gasteiger partial charge on any atom is 0.137 e. The lowest BCUT2D eigenvalue weighted by Crippen LogP contribution is -2.26. The Morgan fingerprint density at radius 2 is 2.25 bits per heavy atom. The zero-order valence-corrected chi connectivity index (χ0v) is 10.6. The molecule has 1 unspecified atom stereocenters. The van der Waals surface area contributed by atoms with Crippen LogP contribution in [-0.2, 0) is 0 Å². The number of halogens is 1. The van der Waals surface area contributed by atoms with Crippen LogP contribution in [-0.4, -0.2) is 15.9 Å². The molecule has 0 bridgehead atoms. The van der Waals surface area contributed by atoms with E-state index in [0.717, 1.165) is 22.4 Å². The summed E-state index contributed by atoms with van der Waals surface area (Å²) in [7, 11) is 0. The van der Waals surface area contributed by atoms with Crippen molar-refractivity contribution in [3.05, 3.63) is 34.7 Å². The number of aromatic nitrogens is 2. The van der Waals surface area contributed by atoms with E-state index < -0.39 is 0 Å². The Morgan fingerprint density at radius 3 is 3.06 bits per heavy atom. The first-order valence-electron chi connectivity index (χ1n) is 5.70. The van der Waals surface area contributed by atoms with Gasteiger partial charge in [-0.25, -0.2) is 4.98 Å². The summed E-state index contributed by atoms with van der Waals surface area (Å²) in [6.45, 7) is 1.11. The van der Waals surface area contributed by atoms with Gasteiger partial charge in [0, 0.05) is 16.9 Å². The maximum absolute atomic E-state index is 4.66. The van der Waals surface area contributed by atoms with Crippen molar-refractivity contribution < 1.29 is 0 Å². The maximum atomic E-state index is 4.66. The van der Waals surface area contributed by atoms with E-state index >= 15 is 0 Å². The summed E-state index contributed by atoms with van der Waals surface area (Å²) in [5.74, 6) is 0. The molecule has 1 N–H and O–H groups in total. The summed E-state index contributed by atoms with van der Waals surface area (Å²) in [5, 5.41) is 3.52. The molecule has 0 radical (unpaired) electrons. The molecule has 1 atom stereocenters. The fourth-order valence-corrected chi connectivity index (χ4v) is 2.61. The smallest absolute Gasteiger partial charge is 0.137 e. The molecule has 0 aliphatic carbocycles. The average molecular weight is 280 g/mol. The summed E-state index contributed by atoms with van der Waals surface area (Å²) in [6.07, 6.45) is 7.97. The molecule has 1 saturated heterocycles. The Kier molecular flexibility index (Phi) is 2.69. The number of hydrogen-bond acceptors (Lipinski definition) is 2. The van der Waals surface area contributed by atoms with E-state index in [1.807, 2.05) is 12.1 Å². The standard InChI is InChI=1S/C12H14BrN3/c13-9-4-5-12-15-11(8-16(12)7-9)10-3-1-2-6-14-10/h4-5,7-8,10,14H,1-3,6H2. The van der Waals surface area contributed by atoms with E-state index in [1.165, 1.54) is 19.3 Å². The molecular weight excluding hydrogens is 266 g/mol. The largest absolute Gasteiger partial charge is 0.309 e. The van der Waals surface area contributed by atoms with Gasteiger partial charge in [-0.2, -0.15) is 0 Å². The van der Waals surface area contributed by atoms with Crippen LogP contribution >= 0.6 is 15.9 Å². The van der Waals surface area contributed by atoms with Crippen molar-refractivity contribution in [1.29, 1.82) is 0 Å². The average Bonchev–Trinajstić information content (AvgIpc) is 2.73. The van der Waals surface area contributed by atoms with Gasteiger partial charge >= 0.3 is 0 Å². The van der Waals surface area contributed by atoms with Crippen LogP contribution in [0.15, 0.2) is 29.0 Å². The summed E-state index contributed by atoms with van der Waals surface area (Å²) in [4.78, 5) is 4.66. The van der Waals surface area contributed by atoms with Gasteiger partial charge in [0.15, 0.2) is 0 Å². The molecule has 0 spiro atoms. The molecule has 2 aromatic rings. The molecule has 0 saturated carbocycles. The van der Waals surface area contributed by atoms with Gasteiger partial charge in [-0.3, -0.25) is 0 Å². The quantitative estimate of drug-likeness (QED) is 0.870. The summed E-state index contributed by atoms with van der Waals surface area (Å²) >= 11 is 3.47. The first kappa shape index (κ1) is 10.3. The molecule has 3 nitrogen and oxygen atoms in total. The van der Waals surface area contributed by atoms with Gasteiger partial charge in [-0.1, -0.05) is 6.42 Å². The molecule has 16 heavy (non-hydrogen) atoms. The van der Waals surface area contributed by atoms with Crippen molar-refractivity contribution in [2.24, 2.45) is 0 Å². The van der Waals surface area contributed by atoms with Crippen LogP contribution in [0.5, 0.6) is 0 Å². The van der Waals surface area contributed by atoms with E-state index in [9.17, 15) is 0 Å². The predicted molar refractivity (Wildman–Crippen MR) is 67.5 cm³/mol. The zero-order valence-electron chi connectivity index (χ0n) is 8.99. The highest BCUT2D eigenvalue weighted by Gasteiger charge is 2.17. The number of nitrogens with zero attached hydrogens (tertiary/aromatic N) is 2. The molecule has 1 aliphatic rings. The first-order valence-corrected chi connectivity index (χ1v) is 6.50. The highest BCUT2D eigenvalue weighted by Crippen LogP contribution is 2.23. The van der Waals surface area contributed by atoms with Gasteiger partial charge in [0.1, 0.15) is 5.65 Å². The lowest BCUT2D eigenvalue weighted by Gasteiger charge is -2.21. The van der Waals surface area contributed by atoms with Crippen LogP contribution in [0.1, 0.15) is 31.0 Å². The van der Waals surface area contributed by atoms with E-state index in [1.54, 1.807) is 0 Å². The number of fused-ring (bicyclic) bond motifs is 1. The Labute approximate surface area is 103 Å². The third kappa shape index (κ3) is 1.87. The van der Waals surface area contributed by atoms with Crippen LogP contribution in [0.3, 0.4) is 0 Å². The third-order valence-corrected chi connectivity index (χ3v) is 3.57. The highest BCUT2D eigenvalue weighted by molar-refractivity contribution is 9.10. The molecule has 3 rings (SSSR count). The van der Waals surface area contributed by atoms with Crippen LogP contribution in [0.25, 0.3) is 5.65 Å². The summed E-state index contributed by atoms with van der Waals surface area (Å²) in [5.41, 5.74) is 2.18. The number of piperidine rings is 1. The second-order valence-electron chi connectivity index (χ2n) is 4.28. The Morgan fingerprint density at radius 1 is 1.31 bits per heavy atom. The normalized spacial score (nSPS) is 21.4. The van der Waals surface area contributed by atoms with Crippen LogP contribution in [0.4, 0.5) is 0 Å². The van der Waals surface area contributed by atoms with Gasteiger partial charge in [0.25, 0.3) is 0 Å². The molecule has 1 aliphatic heterocycles. The van der Waals surface area contributed by atoms with Crippen molar-refractivity contribution in [1.82, 2.24) is 14.7 Å². The minimum absolute atomic E-state index is 0.437. The van der Waals surface area contributed by atoms with Crippen LogP contribution < -0.4 is 5.32 Å². The number of nitrogens with one attached hydrogen (secondary N) is 1. The summed E-state index contributed by atoms with van der Waals surface area (Å²) < 4.78 is 3.16. The van der Waals surface area contributed by atoms with E-state index in [-0.39, 0.29) is 0 Å². The highest BCUT2D eigenvalue weighted by atomic mass is 79.9. The molecule has 3 heterocycles. The molecular formula is C12H14BrN3. The third-order valence-electron chi connectivity index (χ3n) is 3.10. The molecule has 0 amide bonds. The second kappa shape index (κ2) is 4.18. The van der Waals surface area contributed by atoms with E-state index in [2.05, 4.69) is 43.0 Å². The Hall–Kier alpha value is -0.870. The SMILES string of the molecule is Brc1ccc2nc(C3CCCCN3)cn2c1. The molecule has 2 aromatic heterocycles. The monoisotopic (exact) mass is 279 g/mol. The molecule has 84 valence electrons. The zero-order chi connectivity index (χ0) is 11.0. The van der Waals surface area contributed by atoms with Gasteiger partial charge in [0.05, 0.1) is 11.7 Å². The predicted octanol–water partition coefficient (Wildman–Crippen LogP) is 2.91. The fourth-order valence-electron chi connectivity index (χ4n) is 2.26. The van der Waals surface area contributed by atoms with Gasteiger partial charge in [-0.05, 0) is 47.4 Å². The van der Waals surface area contributed by atoms with Crippen molar-refractivity contribution in [3.8, 4) is 0 Å². The Balaban J connectivity index is 1.97. The van der Waals surface area contributed by atoms with E-state index in [0.29, 0.717) is 6.04 Å². The van der Waals surface area contributed by atoms with Crippen LogP contribution in [0.2, 0.25) is 0 Å². The van der Waals surface area contributed by atoms with Crippen molar-refractivity contribution in [3.63, 3.8) is 0 Å². The van der Waals surface area contributed by atoms with Crippen molar-refractivity contribution in [2.75, 3.05) is 6.54 Å². The molecule has 0 aromatic carbocycles. The van der Waals surface area contributed by atoms with Gasteiger partial charge in [-0.15, -0.1) is 0 Å². The lowest BCUT2D eigenvalue weighted by molar-refractivity contribution is 0.406. The lowest BCUT2D eigenvalue weighted by atomic mass is 10.0. The van der Waals surface area contributed by atoms with Crippen molar-refractivity contribution in [2.45, 2.75) is 25.3 Å². The summed E-state index contributed by atoms with van der Waals surface area (Å²) in [6, 6.07) is 4.50. The number of rotatable bonds is 1. The van der Waals surface area contributed by atoms with Gasteiger partial charge in [0.2, 0.25) is 0 Å². The van der Waals surface area contributed by atoms with Gasteiger partial charge < -0.3 is 9.72 Å². The molecule has 1 fully saturated rings. The van der Waals surface area contributed by atoms with Crippen LogP contribution in [0, 0.1) is 0 Å². The number of pyridine rings is 1. The number of imidazole rings is 1. The fraction of sp³-hybridized carbons (Fsp3) is 0.417. The topological polar surface area (TPSA) is 29.3 Å².